The van der Waals surface area contributed by atoms with Crippen molar-refractivity contribution in [2.24, 2.45) is 0 Å². The van der Waals surface area contributed by atoms with Gasteiger partial charge in [-0.05, 0) is 18.1 Å². The molecule has 0 aliphatic heterocycles. The van der Waals surface area contributed by atoms with Gasteiger partial charge in [0, 0.05) is 17.8 Å². The Morgan fingerprint density at radius 2 is 1.61 bits per heavy atom. The highest BCUT2D eigenvalue weighted by atomic mass is 19.1. The number of rotatable bonds is 5. The highest BCUT2D eigenvalue weighted by Crippen LogP contribution is 2.30. The van der Waals surface area contributed by atoms with Crippen LogP contribution in [0.15, 0.2) is 54.6 Å². The predicted octanol–water partition coefficient (Wildman–Crippen LogP) is 4.50. The molecule has 0 saturated carbocycles. The third kappa shape index (κ3) is 2.70. The van der Waals surface area contributed by atoms with Gasteiger partial charge in [-0.25, -0.2) is 4.39 Å². The van der Waals surface area contributed by atoms with Crippen molar-refractivity contribution >= 4 is 5.69 Å². The summed E-state index contributed by atoms with van der Waals surface area (Å²) in [4.78, 5) is 1.78. The van der Waals surface area contributed by atoms with Crippen molar-refractivity contribution in [3.05, 3.63) is 54.6 Å². The lowest BCUT2D eigenvalue weighted by molar-refractivity contribution is 0.473. The molecular weight excluding hydrogens is 225 g/mol. The van der Waals surface area contributed by atoms with Crippen LogP contribution in [0.2, 0.25) is 0 Å². The first-order chi connectivity index (χ1) is 8.86. The molecule has 2 aromatic rings. The first-order valence-corrected chi connectivity index (χ1v) is 6.32. The number of hydrogen-bond donors (Lipinski definition) is 0. The van der Waals surface area contributed by atoms with Gasteiger partial charge in [-0.15, -0.1) is 0 Å². The van der Waals surface area contributed by atoms with Gasteiger partial charge in [0.2, 0.25) is 0 Å². The summed E-state index contributed by atoms with van der Waals surface area (Å²) in [5, 5.41) is 0. The van der Waals surface area contributed by atoms with Crippen molar-refractivity contribution < 1.29 is 4.39 Å². The van der Waals surface area contributed by atoms with Crippen LogP contribution in [0.1, 0.15) is 13.3 Å². The average Bonchev–Trinajstić information content (AvgIpc) is 2.46. The molecule has 94 valence electrons. The van der Waals surface area contributed by atoms with Crippen molar-refractivity contribution in [1.29, 1.82) is 0 Å². The van der Waals surface area contributed by atoms with Gasteiger partial charge < -0.3 is 4.90 Å². The van der Waals surface area contributed by atoms with Gasteiger partial charge in [0.05, 0.1) is 0 Å². The highest BCUT2D eigenvalue weighted by molar-refractivity contribution is 5.78. The van der Waals surface area contributed by atoms with Gasteiger partial charge in [-0.3, -0.25) is 0 Å². The highest BCUT2D eigenvalue weighted by Gasteiger charge is 2.10. The molecule has 0 aromatic heterocycles. The second kappa shape index (κ2) is 6.20. The molecule has 1 nitrogen and oxygen atoms in total. The zero-order valence-corrected chi connectivity index (χ0v) is 10.6. The fourth-order valence-corrected chi connectivity index (χ4v) is 2.13. The van der Waals surface area contributed by atoms with Crippen molar-refractivity contribution in [2.75, 3.05) is 18.2 Å². The van der Waals surface area contributed by atoms with E-state index in [4.69, 9.17) is 0 Å². The standard InChI is InChI=1S/C16H18FN/c1-2-12-18(13-17)16-11-7-6-10-15(16)14-8-4-3-5-9-14/h3-11H,2,12-13H2,1H3. The molecule has 18 heavy (non-hydrogen) atoms. The van der Waals surface area contributed by atoms with Crippen LogP contribution in [-0.4, -0.2) is 13.3 Å². The predicted molar refractivity (Wildman–Crippen MR) is 75.5 cm³/mol. The zero-order valence-electron chi connectivity index (χ0n) is 10.6. The Balaban J connectivity index is 2.42. The normalized spacial score (nSPS) is 10.3. The Morgan fingerprint density at radius 1 is 0.944 bits per heavy atom. The molecule has 0 radical (unpaired) electrons. The number of nitrogens with zero attached hydrogens (tertiary/aromatic N) is 1. The van der Waals surface area contributed by atoms with Crippen LogP contribution in [0.4, 0.5) is 10.1 Å². The SMILES string of the molecule is CCCN(CF)c1ccccc1-c1ccccc1. The molecule has 0 atom stereocenters. The molecule has 2 rings (SSSR count). The van der Waals surface area contributed by atoms with Gasteiger partial charge in [-0.2, -0.15) is 0 Å². The minimum Gasteiger partial charge on any atom is -0.344 e. The third-order valence-electron chi connectivity index (χ3n) is 2.97. The van der Waals surface area contributed by atoms with E-state index < -0.39 is 6.80 Å². The average molecular weight is 243 g/mol. The molecule has 0 bridgehead atoms. The summed E-state index contributed by atoms with van der Waals surface area (Å²) in [5.74, 6) is 0. The maximum absolute atomic E-state index is 13.2. The Bertz CT molecular complexity index is 481. The van der Waals surface area contributed by atoms with Crippen LogP contribution in [0.3, 0.4) is 0 Å². The van der Waals surface area contributed by atoms with Crippen molar-refractivity contribution in [3.63, 3.8) is 0 Å². The maximum atomic E-state index is 13.2. The molecule has 0 fully saturated rings. The third-order valence-corrected chi connectivity index (χ3v) is 2.97. The quantitative estimate of drug-likeness (QED) is 0.699. The molecule has 0 spiro atoms. The Kier molecular flexibility index (Phi) is 4.35. The fourth-order valence-electron chi connectivity index (χ4n) is 2.13. The van der Waals surface area contributed by atoms with Crippen LogP contribution < -0.4 is 4.90 Å². The summed E-state index contributed by atoms with van der Waals surface area (Å²) in [6, 6.07) is 18.1. The first kappa shape index (κ1) is 12.6. The van der Waals surface area contributed by atoms with Crippen LogP contribution >= 0.6 is 0 Å². The van der Waals surface area contributed by atoms with E-state index in [0.29, 0.717) is 0 Å². The lowest BCUT2D eigenvalue weighted by atomic mass is 10.0. The van der Waals surface area contributed by atoms with Crippen molar-refractivity contribution in [2.45, 2.75) is 13.3 Å². The van der Waals surface area contributed by atoms with Gasteiger partial charge in [0.25, 0.3) is 0 Å². The number of para-hydroxylation sites is 1. The van der Waals surface area contributed by atoms with E-state index >= 15 is 0 Å². The lowest BCUT2D eigenvalue weighted by Gasteiger charge is -2.23. The molecule has 0 aliphatic carbocycles. The van der Waals surface area contributed by atoms with Gasteiger partial charge in [0.1, 0.15) is 0 Å². The molecule has 0 saturated heterocycles. The Labute approximate surface area is 108 Å². The number of hydrogen-bond acceptors (Lipinski definition) is 1. The zero-order chi connectivity index (χ0) is 12.8. The summed E-state index contributed by atoms with van der Waals surface area (Å²) < 4.78 is 13.2. The van der Waals surface area contributed by atoms with E-state index in [9.17, 15) is 4.39 Å². The number of anilines is 1. The summed E-state index contributed by atoms with van der Waals surface area (Å²) in [6.07, 6.45) is 0.938. The number of benzene rings is 2. The minimum atomic E-state index is -0.447. The second-order valence-electron chi connectivity index (χ2n) is 4.27. The van der Waals surface area contributed by atoms with Crippen LogP contribution in [0.25, 0.3) is 11.1 Å². The van der Waals surface area contributed by atoms with Crippen LogP contribution in [0, 0.1) is 0 Å². The smallest absolute Gasteiger partial charge is 0.161 e. The molecular formula is C16H18FN. The number of halogens is 1. The van der Waals surface area contributed by atoms with E-state index in [0.717, 1.165) is 29.8 Å². The van der Waals surface area contributed by atoms with E-state index in [1.54, 1.807) is 4.90 Å². The molecule has 2 heteroatoms. The molecule has 2 aromatic carbocycles. The van der Waals surface area contributed by atoms with E-state index in [-0.39, 0.29) is 0 Å². The Morgan fingerprint density at radius 3 is 2.28 bits per heavy atom. The number of alkyl halides is 1. The van der Waals surface area contributed by atoms with Crippen LogP contribution in [0.5, 0.6) is 0 Å². The Hall–Kier alpha value is -1.83. The minimum absolute atomic E-state index is 0.447. The molecule has 0 amide bonds. The lowest BCUT2D eigenvalue weighted by Crippen LogP contribution is -2.23. The van der Waals surface area contributed by atoms with E-state index in [1.165, 1.54) is 0 Å². The second-order valence-corrected chi connectivity index (χ2v) is 4.27. The van der Waals surface area contributed by atoms with Gasteiger partial charge >= 0.3 is 0 Å². The topological polar surface area (TPSA) is 3.24 Å². The van der Waals surface area contributed by atoms with Crippen molar-refractivity contribution in [3.8, 4) is 11.1 Å². The maximum Gasteiger partial charge on any atom is 0.161 e. The summed E-state index contributed by atoms with van der Waals surface area (Å²) >= 11 is 0. The molecule has 0 aliphatic rings. The largest absolute Gasteiger partial charge is 0.344 e. The molecule has 0 N–H and O–H groups in total. The molecule has 0 unspecified atom stereocenters. The first-order valence-electron chi connectivity index (χ1n) is 6.32. The molecule has 0 heterocycles. The van der Waals surface area contributed by atoms with E-state index in [1.807, 2.05) is 42.5 Å². The summed E-state index contributed by atoms with van der Waals surface area (Å²) in [6.45, 7) is 2.35. The van der Waals surface area contributed by atoms with Crippen molar-refractivity contribution in [1.82, 2.24) is 0 Å². The summed E-state index contributed by atoms with van der Waals surface area (Å²) in [7, 11) is 0. The van der Waals surface area contributed by atoms with Crippen LogP contribution in [-0.2, 0) is 0 Å². The summed E-state index contributed by atoms with van der Waals surface area (Å²) in [5.41, 5.74) is 3.18. The van der Waals surface area contributed by atoms with Gasteiger partial charge in [0.15, 0.2) is 6.80 Å². The monoisotopic (exact) mass is 243 g/mol. The van der Waals surface area contributed by atoms with E-state index in [2.05, 4.69) is 19.1 Å². The van der Waals surface area contributed by atoms with Gasteiger partial charge in [-0.1, -0.05) is 55.5 Å². The fraction of sp³-hybridized carbons (Fsp3) is 0.250.